The zero-order valence-electron chi connectivity index (χ0n) is 19.2. The summed E-state index contributed by atoms with van der Waals surface area (Å²) in [5.41, 5.74) is 3.44. The molecule has 1 spiro atoms. The Labute approximate surface area is 191 Å². The molecule has 2 aliphatic heterocycles. The third-order valence-electron chi connectivity index (χ3n) is 7.72. The normalized spacial score (nSPS) is 21.2. The second-order valence-electron chi connectivity index (χ2n) is 9.84. The van der Waals surface area contributed by atoms with Gasteiger partial charge in [-0.15, -0.1) is 0 Å². The van der Waals surface area contributed by atoms with Gasteiger partial charge in [0, 0.05) is 31.7 Å². The van der Waals surface area contributed by atoms with E-state index in [-0.39, 0.29) is 18.0 Å². The summed E-state index contributed by atoms with van der Waals surface area (Å²) in [6.45, 7) is 6.20. The van der Waals surface area contributed by atoms with E-state index in [4.69, 9.17) is 0 Å². The van der Waals surface area contributed by atoms with Crippen molar-refractivity contribution in [3.05, 3.63) is 71.3 Å². The molecule has 0 aromatic heterocycles. The van der Waals surface area contributed by atoms with Crippen LogP contribution in [0.3, 0.4) is 0 Å². The monoisotopic (exact) mass is 431 g/mol. The third-order valence-corrected chi connectivity index (χ3v) is 7.72. The predicted molar refractivity (Wildman–Crippen MR) is 125 cm³/mol. The van der Waals surface area contributed by atoms with Gasteiger partial charge in [0.05, 0.1) is 0 Å². The fraction of sp³-hybridized carbons (Fsp3) is 0.481. The van der Waals surface area contributed by atoms with Crippen LogP contribution in [0.1, 0.15) is 43.4 Å². The number of fused-ring (bicyclic) bond motifs is 1. The van der Waals surface area contributed by atoms with Gasteiger partial charge in [0.2, 0.25) is 0 Å². The highest BCUT2D eigenvalue weighted by atomic mass is 16.2. The van der Waals surface area contributed by atoms with Crippen LogP contribution in [0, 0.1) is 0 Å². The number of rotatable bonds is 5. The smallest absolute Gasteiger partial charge is 0.309 e. The molecule has 0 saturated carbocycles. The Balaban J connectivity index is 1.33. The van der Waals surface area contributed by atoms with E-state index < -0.39 is 5.54 Å². The summed E-state index contributed by atoms with van der Waals surface area (Å²) in [5.74, 6) is 0.0138. The number of benzene rings is 2. The number of nitrogens with zero attached hydrogens (tertiary/aromatic N) is 3. The molecule has 2 fully saturated rings. The Hall–Kier alpha value is -2.66. The predicted octanol–water partition coefficient (Wildman–Crippen LogP) is 3.90. The Morgan fingerprint density at radius 1 is 0.906 bits per heavy atom. The maximum absolute atomic E-state index is 13.6. The van der Waals surface area contributed by atoms with Crippen LogP contribution in [-0.4, -0.2) is 63.9 Å². The molecule has 1 aliphatic carbocycles. The highest BCUT2D eigenvalue weighted by Crippen LogP contribution is 2.40. The van der Waals surface area contributed by atoms with E-state index in [1.165, 1.54) is 21.6 Å². The van der Waals surface area contributed by atoms with Gasteiger partial charge >= 0.3 is 6.03 Å². The number of likely N-dealkylation sites (tertiary alicyclic amines) is 1. The minimum absolute atomic E-state index is 0.0138. The molecular weight excluding hydrogens is 398 g/mol. The number of carbonyl (C=O) groups is 2. The van der Waals surface area contributed by atoms with Crippen molar-refractivity contribution in [3.63, 3.8) is 0 Å². The summed E-state index contributed by atoms with van der Waals surface area (Å²) in [5, 5.41) is 0. The van der Waals surface area contributed by atoms with Crippen molar-refractivity contribution in [1.82, 2.24) is 14.7 Å². The topological polar surface area (TPSA) is 43.9 Å². The van der Waals surface area contributed by atoms with Gasteiger partial charge in [0.25, 0.3) is 5.91 Å². The molecule has 0 bridgehead atoms. The summed E-state index contributed by atoms with van der Waals surface area (Å²) in [7, 11) is 0. The van der Waals surface area contributed by atoms with Gasteiger partial charge in [-0.3, -0.25) is 14.6 Å². The lowest BCUT2D eigenvalue weighted by Crippen LogP contribution is -2.58. The lowest BCUT2D eigenvalue weighted by molar-refractivity contribution is -0.137. The molecule has 0 N–H and O–H groups in total. The number of hydrogen-bond donors (Lipinski definition) is 0. The minimum Gasteiger partial charge on any atom is -0.309 e. The molecule has 0 unspecified atom stereocenters. The maximum Gasteiger partial charge on any atom is 0.327 e. The van der Waals surface area contributed by atoms with Crippen LogP contribution in [-0.2, 0) is 24.1 Å². The second kappa shape index (κ2) is 8.36. The minimum atomic E-state index is -0.682. The van der Waals surface area contributed by atoms with Gasteiger partial charge in [0.1, 0.15) is 5.54 Å². The van der Waals surface area contributed by atoms with Gasteiger partial charge < -0.3 is 4.90 Å². The molecule has 5 rings (SSSR count). The van der Waals surface area contributed by atoms with Crippen LogP contribution < -0.4 is 0 Å². The number of urea groups is 1. The lowest BCUT2D eigenvalue weighted by atomic mass is 9.84. The number of hydrogen-bond acceptors (Lipinski definition) is 3. The quantitative estimate of drug-likeness (QED) is 0.675. The summed E-state index contributed by atoms with van der Waals surface area (Å²) in [6, 6.07) is 19.3. The molecule has 2 heterocycles. The van der Waals surface area contributed by atoms with E-state index in [9.17, 15) is 9.59 Å². The maximum atomic E-state index is 13.6. The van der Waals surface area contributed by atoms with Gasteiger partial charge in [-0.05, 0) is 62.6 Å². The molecule has 2 aromatic carbocycles. The molecule has 3 amide bonds. The molecule has 0 atom stereocenters. The zero-order valence-corrected chi connectivity index (χ0v) is 19.2. The molecule has 32 heavy (non-hydrogen) atoms. The Kier molecular flexibility index (Phi) is 5.54. The van der Waals surface area contributed by atoms with Crippen molar-refractivity contribution >= 4 is 11.9 Å². The molecule has 3 aliphatic rings. The Morgan fingerprint density at radius 3 is 2.09 bits per heavy atom. The first-order valence-electron chi connectivity index (χ1n) is 12.0. The highest BCUT2D eigenvalue weighted by Gasteiger charge is 2.58. The van der Waals surface area contributed by atoms with Gasteiger partial charge in [0.15, 0.2) is 0 Å². The Morgan fingerprint density at radius 2 is 1.50 bits per heavy atom. The van der Waals surface area contributed by atoms with E-state index in [1.54, 1.807) is 0 Å². The van der Waals surface area contributed by atoms with E-state index in [0.29, 0.717) is 12.6 Å². The SMILES string of the molecule is CC(C)N1C(=O)N(CCc2ccccc2)C2(CCN(C3Cc4ccccc4C3)CC2)C1=O. The molecule has 5 nitrogen and oxygen atoms in total. The van der Waals surface area contributed by atoms with Crippen molar-refractivity contribution in [2.45, 2.75) is 63.6 Å². The van der Waals surface area contributed by atoms with Crippen molar-refractivity contribution in [2.24, 2.45) is 0 Å². The number of piperidine rings is 1. The lowest BCUT2D eigenvalue weighted by Gasteiger charge is -2.44. The van der Waals surface area contributed by atoms with Crippen molar-refractivity contribution in [3.8, 4) is 0 Å². The van der Waals surface area contributed by atoms with Crippen LogP contribution in [0.4, 0.5) is 4.79 Å². The molecule has 2 aromatic rings. The fourth-order valence-corrected chi connectivity index (χ4v) is 5.93. The molecular formula is C27H33N3O2. The first-order valence-corrected chi connectivity index (χ1v) is 12.0. The van der Waals surface area contributed by atoms with E-state index in [1.807, 2.05) is 36.9 Å². The van der Waals surface area contributed by atoms with Gasteiger partial charge in [-0.25, -0.2) is 4.79 Å². The molecule has 2 saturated heterocycles. The summed E-state index contributed by atoms with van der Waals surface area (Å²) < 4.78 is 0. The summed E-state index contributed by atoms with van der Waals surface area (Å²) in [4.78, 5) is 32.9. The number of imide groups is 1. The van der Waals surface area contributed by atoms with Crippen LogP contribution in [0.25, 0.3) is 0 Å². The molecule has 0 radical (unpaired) electrons. The second-order valence-corrected chi connectivity index (χ2v) is 9.84. The third kappa shape index (κ3) is 3.53. The first-order chi connectivity index (χ1) is 15.5. The number of carbonyl (C=O) groups excluding carboxylic acids is 2. The van der Waals surface area contributed by atoms with Crippen molar-refractivity contribution in [2.75, 3.05) is 19.6 Å². The van der Waals surface area contributed by atoms with Gasteiger partial charge in [-0.2, -0.15) is 0 Å². The molecule has 5 heteroatoms. The van der Waals surface area contributed by atoms with Crippen LogP contribution >= 0.6 is 0 Å². The van der Waals surface area contributed by atoms with Crippen molar-refractivity contribution in [1.29, 1.82) is 0 Å². The zero-order chi connectivity index (χ0) is 22.3. The fourth-order valence-electron chi connectivity index (χ4n) is 5.93. The van der Waals surface area contributed by atoms with Crippen LogP contribution in [0.15, 0.2) is 54.6 Å². The standard InChI is InChI=1S/C27H33N3O2/c1-20(2)30-25(31)27(29(26(30)32)15-12-21-8-4-3-5-9-21)13-16-28(17-14-27)24-18-22-10-6-7-11-23(22)19-24/h3-11,20,24H,12-19H2,1-2H3. The average Bonchev–Trinajstić information content (AvgIpc) is 3.31. The van der Waals surface area contributed by atoms with Crippen molar-refractivity contribution < 1.29 is 9.59 Å². The first kappa shape index (κ1) is 21.2. The summed E-state index contributed by atoms with van der Waals surface area (Å²) in [6.07, 6.45) is 4.40. The average molecular weight is 432 g/mol. The largest absolute Gasteiger partial charge is 0.327 e. The van der Waals surface area contributed by atoms with E-state index in [2.05, 4.69) is 41.3 Å². The molecule has 168 valence electrons. The summed E-state index contributed by atoms with van der Waals surface area (Å²) >= 11 is 0. The van der Waals surface area contributed by atoms with Crippen LogP contribution in [0.2, 0.25) is 0 Å². The number of amides is 3. The van der Waals surface area contributed by atoms with E-state index in [0.717, 1.165) is 45.2 Å². The van der Waals surface area contributed by atoms with E-state index >= 15 is 0 Å². The van der Waals surface area contributed by atoms with Gasteiger partial charge in [-0.1, -0.05) is 54.6 Å². The Bertz CT molecular complexity index is 970. The van der Waals surface area contributed by atoms with Crippen LogP contribution in [0.5, 0.6) is 0 Å². The highest BCUT2D eigenvalue weighted by molar-refractivity contribution is 6.07.